The Morgan fingerprint density at radius 1 is 0.889 bits per heavy atom. The molecule has 7 heteroatoms. The molecule has 6 nitrogen and oxygen atoms in total. The first-order valence-corrected chi connectivity index (χ1v) is 13.7. The molecule has 0 saturated carbocycles. The molecule has 36 heavy (non-hydrogen) atoms. The molecule has 0 bridgehead atoms. The van der Waals surface area contributed by atoms with Crippen molar-refractivity contribution < 1.29 is 22.5 Å². The summed E-state index contributed by atoms with van der Waals surface area (Å²) in [6, 6.07) is 23.7. The summed E-state index contributed by atoms with van der Waals surface area (Å²) in [4.78, 5) is 13.3. The fourth-order valence-electron chi connectivity index (χ4n) is 3.99. The lowest BCUT2D eigenvalue weighted by Crippen LogP contribution is -2.16. The van der Waals surface area contributed by atoms with Gasteiger partial charge in [-0.2, -0.15) is 0 Å². The van der Waals surface area contributed by atoms with Crippen molar-refractivity contribution in [1.29, 1.82) is 0 Å². The summed E-state index contributed by atoms with van der Waals surface area (Å²) in [6.07, 6.45) is 2.13. The van der Waals surface area contributed by atoms with Gasteiger partial charge in [-0.3, -0.25) is 4.79 Å². The minimum Gasteiger partial charge on any atom is -0.390 e. The number of hydrogen-bond acceptors (Lipinski definition) is 6. The number of rotatable bonds is 8. The molecular weight excluding hydrogens is 474 g/mol. The van der Waals surface area contributed by atoms with Crippen molar-refractivity contribution in [1.82, 2.24) is 5.16 Å². The molecule has 1 atom stereocenters. The summed E-state index contributed by atoms with van der Waals surface area (Å²) < 4.78 is 35.1. The first-order valence-electron chi connectivity index (χ1n) is 11.8. The normalized spacial score (nSPS) is 12.5. The van der Waals surface area contributed by atoms with Crippen molar-refractivity contribution in [2.45, 2.75) is 38.0 Å². The van der Waals surface area contributed by atoms with Crippen LogP contribution < -0.4 is 4.74 Å². The molecule has 1 heterocycles. The highest BCUT2D eigenvalue weighted by Gasteiger charge is 2.26. The van der Waals surface area contributed by atoms with Crippen molar-refractivity contribution >= 4 is 15.8 Å². The number of carbonyl (C=O) groups is 1. The van der Waals surface area contributed by atoms with E-state index >= 15 is 0 Å². The molecule has 0 amide bonds. The van der Waals surface area contributed by atoms with Gasteiger partial charge in [0.25, 0.3) is 0 Å². The number of ether oxygens (including phenoxy) is 1. The Morgan fingerprint density at radius 2 is 1.53 bits per heavy atom. The van der Waals surface area contributed by atoms with Crippen LogP contribution in [0.4, 0.5) is 0 Å². The monoisotopic (exact) mass is 503 g/mol. The van der Waals surface area contributed by atoms with E-state index in [1.807, 2.05) is 54.6 Å². The van der Waals surface area contributed by atoms with Crippen LogP contribution in [0.25, 0.3) is 22.4 Å². The predicted octanol–water partition coefficient (Wildman–Crippen LogP) is 6.32. The Labute approximate surface area is 211 Å². The molecule has 0 N–H and O–H groups in total. The van der Waals surface area contributed by atoms with Gasteiger partial charge < -0.3 is 9.26 Å². The van der Waals surface area contributed by atoms with E-state index < -0.39 is 21.7 Å². The molecule has 0 fully saturated rings. The van der Waals surface area contributed by atoms with E-state index in [2.05, 4.69) is 19.0 Å². The van der Waals surface area contributed by atoms with Gasteiger partial charge in [0.2, 0.25) is 0 Å². The second-order valence-corrected chi connectivity index (χ2v) is 11.4. The molecule has 0 aliphatic carbocycles. The van der Waals surface area contributed by atoms with E-state index in [9.17, 15) is 13.2 Å². The van der Waals surface area contributed by atoms with Crippen LogP contribution >= 0.6 is 0 Å². The average molecular weight is 504 g/mol. The van der Waals surface area contributed by atoms with Gasteiger partial charge >= 0.3 is 11.9 Å². The summed E-state index contributed by atoms with van der Waals surface area (Å²) in [5, 5.41) is 4.19. The largest absolute Gasteiger partial charge is 0.390 e. The standard InChI is InChI=1S/C29H29NO5S/c1-19(2)18-21-10-12-22(13-11-21)20(3)28(31)34-29-26(23-14-16-25(17-15-23)36(4,32)33)27(30-35-29)24-8-6-5-7-9-24/h5-17,19-20H,18H2,1-4H3. The van der Waals surface area contributed by atoms with Crippen molar-refractivity contribution in [3.63, 3.8) is 0 Å². The van der Waals surface area contributed by atoms with Gasteiger partial charge in [-0.05, 0) is 48.1 Å². The SMILES string of the molecule is CC(C)Cc1ccc(C(C)C(=O)Oc2onc(-c3ccccc3)c2-c2ccc(S(C)(=O)=O)cc2)cc1. The number of carbonyl (C=O) groups excluding carboxylic acids is 1. The lowest BCUT2D eigenvalue weighted by molar-refractivity contribution is -0.137. The van der Waals surface area contributed by atoms with E-state index in [1.165, 1.54) is 17.7 Å². The van der Waals surface area contributed by atoms with E-state index in [-0.39, 0.29) is 10.8 Å². The zero-order valence-electron chi connectivity index (χ0n) is 20.8. The average Bonchev–Trinajstić information content (AvgIpc) is 3.27. The molecule has 4 aromatic rings. The highest BCUT2D eigenvalue weighted by molar-refractivity contribution is 7.90. The van der Waals surface area contributed by atoms with Gasteiger partial charge in [0, 0.05) is 11.8 Å². The predicted molar refractivity (Wildman–Crippen MR) is 140 cm³/mol. The Hall–Kier alpha value is -3.71. The van der Waals surface area contributed by atoms with Crippen molar-refractivity contribution in [2.75, 3.05) is 6.26 Å². The zero-order valence-corrected chi connectivity index (χ0v) is 21.6. The third-order valence-electron chi connectivity index (χ3n) is 5.95. The number of benzene rings is 3. The fourth-order valence-corrected chi connectivity index (χ4v) is 4.62. The lowest BCUT2D eigenvalue weighted by Gasteiger charge is -2.12. The third kappa shape index (κ3) is 5.74. The maximum atomic E-state index is 13.1. The topological polar surface area (TPSA) is 86.5 Å². The number of aromatic nitrogens is 1. The van der Waals surface area contributed by atoms with E-state index in [1.54, 1.807) is 19.1 Å². The Morgan fingerprint density at radius 3 is 2.11 bits per heavy atom. The highest BCUT2D eigenvalue weighted by atomic mass is 32.2. The lowest BCUT2D eigenvalue weighted by atomic mass is 9.97. The summed E-state index contributed by atoms with van der Waals surface area (Å²) >= 11 is 0. The summed E-state index contributed by atoms with van der Waals surface area (Å²) in [5.41, 5.74) is 4.44. The second kappa shape index (κ2) is 10.5. The van der Waals surface area contributed by atoms with Crippen LogP contribution in [0.15, 0.2) is 88.3 Å². The van der Waals surface area contributed by atoms with Gasteiger partial charge in [0.15, 0.2) is 9.84 Å². The van der Waals surface area contributed by atoms with Crippen LogP contribution in [0.2, 0.25) is 0 Å². The molecule has 0 spiro atoms. The van der Waals surface area contributed by atoms with Crippen molar-refractivity contribution in [3.8, 4) is 28.3 Å². The smallest absolute Gasteiger partial charge is 0.327 e. The van der Waals surface area contributed by atoms with Crippen LogP contribution in [0.5, 0.6) is 5.95 Å². The van der Waals surface area contributed by atoms with Crippen LogP contribution in [-0.2, 0) is 21.1 Å². The van der Waals surface area contributed by atoms with Crippen LogP contribution in [0.1, 0.15) is 37.8 Å². The van der Waals surface area contributed by atoms with E-state index in [4.69, 9.17) is 9.26 Å². The number of esters is 1. The molecule has 4 rings (SSSR count). The quantitative estimate of drug-likeness (QED) is 0.262. The molecule has 0 aliphatic rings. The first kappa shape index (κ1) is 25.4. The van der Waals surface area contributed by atoms with E-state index in [0.717, 1.165) is 23.8 Å². The van der Waals surface area contributed by atoms with Gasteiger partial charge in [-0.15, -0.1) is 0 Å². The molecule has 1 unspecified atom stereocenters. The molecule has 186 valence electrons. The summed E-state index contributed by atoms with van der Waals surface area (Å²) in [7, 11) is -3.36. The summed E-state index contributed by atoms with van der Waals surface area (Å²) in [6.45, 7) is 6.12. The van der Waals surface area contributed by atoms with Crippen LogP contribution in [0, 0.1) is 5.92 Å². The molecule has 0 radical (unpaired) electrons. The fraction of sp³-hybridized carbons (Fsp3) is 0.241. The Bertz CT molecular complexity index is 1440. The maximum absolute atomic E-state index is 13.1. The maximum Gasteiger partial charge on any atom is 0.327 e. The van der Waals surface area contributed by atoms with Gasteiger partial charge in [-0.1, -0.05) is 85.7 Å². The first-order chi connectivity index (χ1) is 17.1. The minimum atomic E-state index is -3.36. The van der Waals surface area contributed by atoms with Crippen LogP contribution in [0.3, 0.4) is 0 Å². The third-order valence-corrected chi connectivity index (χ3v) is 7.08. The molecular formula is C29H29NO5S. The van der Waals surface area contributed by atoms with Gasteiger partial charge in [-0.25, -0.2) is 8.42 Å². The van der Waals surface area contributed by atoms with Gasteiger partial charge in [0.05, 0.1) is 16.4 Å². The van der Waals surface area contributed by atoms with Crippen molar-refractivity contribution in [2.24, 2.45) is 5.92 Å². The molecule has 3 aromatic carbocycles. The number of sulfone groups is 1. The zero-order chi connectivity index (χ0) is 25.9. The van der Waals surface area contributed by atoms with E-state index in [0.29, 0.717) is 22.7 Å². The molecule has 1 aromatic heterocycles. The second-order valence-electron chi connectivity index (χ2n) is 9.34. The Balaban J connectivity index is 1.66. The highest BCUT2D eigenvalue weighted by Crippen LogP contribution is 2.40. The molecule has 0 aliphatic heterocycles. The minimum absolute atomic E-state index is 0.0331. The van der Waals surface area contributed by atoms with Crippen molar-refractivity contribution in [3.05, 3.63) is 90.0 Å². The molecule has 0 saturated heterocycles. The Kier molecular flexibility index (Phi) is 7.40. The number of hydrogen-bond donors (Lipinski definition) is 0. The van der Waals surface area contributed by atoms with Crippen LogP contribution in [-0.4, -0.2) is 25.8 Å². The number of nitrogens with zero attached hydrogens (tertiary/aromatic N) is 1. The summed E-state index contributed by atoms with van der Waals surface area (Å²) in [5.74, 6) is -0.483. The van der Waals surface area contributed by atoms with Gasteiger partial charge in [0.1, 0.15) is 5.69 Å².